The molecule has 0 aliphatic heterocycles. The SMILES string of the molecule is Cc1ccc(C)n1-c1ccnn1C(F)(F)Br. The molecule has 0 fully saturated rings. The molecule has 0 aliphatic carbocycles. The van der Waals surface area contributed by atoms with Crippen molar-refractivity contribution in [1.29, 1.82) is 0 Å². The van der Waals surface area contributed by atoms with E-state index in [1.54, 1.807) is 10.6 Å². The Morgan fingerprint density at radius 1 is 1.19 bits per heavy atom. The molecule has 0 spiro atoms. The first-order valence-corrected chi connectivity index (χ1v) is 5.47. The molecule has 2 aromatic heterocycles. The standard InChI is InChI=1S/C10H10BrF2N3/c1-7-3-4-8(2)15(7)9-5-6-14-16(9)10(11,12)13/h3-6H,1-2H3. The molecule has 3 nitrogen and oxygen atoms in total. The van der Waals surface area contributed by atoms with Crippen LogP contribution in [-0.2, 0) is 4.96 Å². The summed E-state index contributed by atoms with van der Waals surface area (Å²) >= 11 is 2.31. The Bertz CT molecular complexity index is 491. The second-order valence-corrected chi connectivity index (χ2v) is 4.47. The molecular weight excluding hydrogens is 280 g/mol. The van der Waals surface area contributed by atoms with Gasteiger partial charge in [0.05, 0.1) is 6.20 Å². The summed E-state index contributed by atoms with van der Waals surface area (Å²) in [5, 5.41) is 3.62. The minimum absolute atomic E-state index is 0.335. The first-order valence-electron chi connectivity index (χ1n) is 4.68. The van der Waals surface area contributed by atoms with E-state index in [1.165, 1.54) is 6.20 Å². The van der Waals surface area contributed by atoms with Gasteiger partial charge < -0.3 is 4.57 Å². The molecule has 0 saturated carbocycles. The van der Waals surface area contributed by atoms with Crippen LogP contribution < -0.4 is 0 Å². The molecule has 0 aromatic carbocycles. The topological polar surface area (TPSA) is 22.8 Å². The highest BCUT2D eigenvalue weighted by Gasteiger charge is 2.31. The number of alkyl halides is 3. The zero-order valence-corrected chi connectivity index (χ0v) is 10.4. The third-order valence-corrected chi connectivity index (χ3v) is 2.70. The second kappa shape index (κ2) is 3.69. The van der Waals surface area contributed by atoms with Crippen LogP contribution in [0.3, 0.4) is 0 Å². The fraction of sp³-hybridized carbons (Fsp3) is 0.300. The molecule has 86 valence electrons. The van der Waals surface area contributed by atoms with E-state index in [2.05, 4.69) is 21.0 Å². The smallest absolute Gasteiger partial charge is 0.303 e. The monoisotopic (exact) mass is 289 g/mol. The molecule has 0 unspecified atom stereocenters. The van der Waals surface area contributed by atoms with Gasteiger partial charge >= 0.3 is 4.96 Å². The largest absolute Gasteiger partial charge is 0.402 e. The van der Waals surface area contributed by atoms with Gasteiger partial charge in [-0.3, -0.25) is 0 Å². The van der Waals surface area contributed by atoms with E-state index in [-0.39, 0.29) is 0 Å². The molecule has 0 atom stereocenters. The van der Waals surface area contributed by atoms with Crippen molar-refractivity contribution < 1.29 is 8.78 Å². The molecule has 0 amide bonds. The van der Waals surface area contributed by atoms with Gasteiger partial charge in [-0.2, -0.15) is 18.6 Å². The van der Waals surface area contributed by atoms with Crippen molar-refractivity contribution in [2.45, 2.75) is 18.8 Å². The lowest BCUT2D eigenvalue weighted by Crippen LogP contribution is -2.20. The zero-order valence-electron chi connectivity index (χ0n) is 8.78. The minimum atomic E-state index is -3.19. The summed E-state index contributed by atoms with van der Waals surface area (Å²) in [6, 6.07) is 5.30. The van der Waals surface area contributed by atoms with Crippen molar-refractivity contribution in [2.24, 2.45) is 0 Å². The van der Waals surface area contributed by atoms with Crippen molar-refractivity contribution in [3.05, 3.63) is 35.8 Å². The molecule has 0 saturated heterocycles. The zero-order chi connectivity index (χ0) is 11.9. The van der Waals surface area contributed by atoms with E-state index in [9.17, 15) is 8.78 Å². The Hall–Kier alpha value is -1.17. The molecule has 16 heavy (non-hydrogen) atoms. The Kier molecular flexibility index (Phi) is 2.61. The van der Waals surface area contributed by atoms with Gasteiger partial charge in [-0.15, -0.1) is 0 Å². The lowest BCUT2D eigenvalue weighted by atomic mass is 10.5. The van der Waals surface area contributed by atoms with Gasteiger partial charge in [-0.1, -0.05) is 0 Å². The molecule has 2 rings (SSSR count). The number of halogens is 3. The van der Waals surface area contributed by atoms with E-state index in [0.29, 0.717) is 10.5 Å². The van der Waals surface area contributed by atoms with Crippen molar-refractivity contribution in [3.63, 3.8) is 0 Å². The number of rotatable bonds is 2. The van der Waals surface area contributed by atoms with E-state index in [1.807, 2.05) is 26.0 Å². The number of hydrogen-bond acceptors (Lipinski definition) is 1. The van der Waals surface area contributed by atoms with Gasteiger partial charge in [0, 0.05) is 33.4 Å². The first-order chi connectivity index (χ1) is 7.41. The van der Waals surface area contributed by atoms with Crippen LogP contribution in [0, 0.1) is 13.8 Å². The van der Waals surface area contributed by atoms with Gasteiger partial charge in [-0.05, 0) is 26.0 Å². The number of aromatic nitrogens is 3. The molecule has 2 heterocycles. The van der Waals surface area contributed by atoms with Crippen molar-refractivity contribution in [1.82, 2.24) is 14.3 Å². The van der Waals surface area contributed by atoms with Crippen molar-refractivity contribution in [3.8, 4) is 5.82 Å². The Morgan fingerprint density at radius 3 is 2.25 bits per heavy atom. The maximum Gasteiger partial charge on any atom is 0.402 e. The molecule has 0 radical (unpaired) electrons. The van der Waals surface area contributed by atoms with Crippen molar-refractivity contribution >= 4 is 15.9 Å². The maximum absolute atomic E-state index is 13.2. The van der Waals surface area contributed by atoms with Gasteiger partial charge in [0.2, 0.25) is 0 Å². The van der Waals surface area contributed by atoms with E-state index in [0.717, 1.165) is 11.4 Å². The molecule has 0 bridgehead atoms. The lowest BCUT2D eigenvalue weighted by Gasteiger charge is -2.15. The predicted octanol–water partition coefficient (Wildman–Crippen LogP) is 3.19. The number of nitrogens with zero attached hydrogens (tertiary/aromatic N) is 3. The van der Waals surface area contributed by atoms with E-state index >= 15 is 0 Å². The fourth-order valence-corrected chi connectivity index (χ4v) is 1.96. The highest BCUT2D eigenvalue weighted by molar-refractivity contribution is 9.09. The third-order valence-electron chi connectivity index (χ3n) is 2.36. The van der Waals surface area contributed by atoms with Crippen LogP contribution in [0.2, 0.25) is 0 Å². The first kappa shape index (κ1) is 11.3. The quantitative estimate of drug-likeness (QED) is 0.779. The minimum Gasteiger partial charge on any atom is -0.303 e. The van der Waals surface area contributed by atoms with Gasteiger partial charge in [-0.25, -0.2) is 0 Å². The third kappa shape index (κ3) is 1.77. The molecule has 0 aliphatic rings. The van der Waals surface area contributed by atoms with Crippen LogP contribution >= 0.6 is 15.9 Å². The van der Waals surface area contributed by atoms with E-state index < -0.39 is 4.96 Å². The number of hydrogen-bond donors (Lipinski definition) is 0. The van der Waals surface area contributed by atoms with Crippen LogP contribution in [0.15, 0.2) is 24.4 Å². The maximum atomic E-state index is 13.2. The average Bonchev–Trinajstić information content (AvgIpc) is 2.72. The second-order valence-electron chi connectivity index (χ2n) is 3.52. The van der Waals surface area contributed by atoms with Gasteiger partial charge in [0.25, 0.3) is 0 Å². The highest BCUT2D eigenvalue weighted by atomic mass is 79.9. The van der Waals surface area contributed by atoms with Crippen LogP contribution in [0.5, 0.6) is 0 Å². The average molecular weight is 290 g/mol. The Labute approximate surface area is 99.8 Å². The summed E-state index contributed by atoms with van der Waals surface area (Å²) in [6.45, 7) is 3.72. The number of aryl methyl sites for hydroxylation is 2. The summed E-state index contributed by atoms with van der Waals surface area (Å²) in [5.41, 5.74) is 1.77. The normalized spacial score (nSPS) is 12.1. The summed E-state index contributed by atoms with van der Waals surface area (Å²) in [5.74, 6) is 0.335. The Balaban J connectivity index is 2.62. The van der Waals surface area contributed by atoms with Crippen LogP contribution in [0.1, 0.15) is 11.4 Å². The summed E-state index contributed by atoms with van der Waals surface area (Å²) in [7, 11) is 0. The van der Waals surface area contributed by atoms with Gasteiger partial charge in [0.15, 0.2) is 0 Å². The predicted molar refractivity (Wildman–Crippen MR) is 60.1 cm³/mol. The summed E-state index contributed by atoms with van der Waals surface area (Å²) < 4.78 is 28.8. The Morgan fingerprint density at radius 2 is 1.75 bits per heavy atom. The summed E-state index contributed by atoms with van der Waals surface area (Å²) in [4.78, 5) is -3.19. The van der Waals surface area contributed by atoms with Crippen LogP contribution in [0.4, 0.5) is 8.78 Å². The van der Waals surface area contributed by atoms with E-state index in [4.69, 9.17) is 0 Å². The molecular formula is C10H10BrF2N3. The molecule has 2 aromatic rings. The van der Waals surface area contributed by atoms with Crippen molar-refractivity contribution in [2.75, 3.05) is 0 Å². The summed E-state index contributed by atoms with van der Waals surface area (Å²) in [6.07, 6.45) is 1.35. The lowest BCUT2D eigenvalue weighted by molar-refractivity contribution is 0.0199. The molecule has 0 N–H and O–H groups in total. The highest BCUT2D eigenvalue weighted by Crippen LogP contribution is 2.30. The van der Waals surface area contributed by atoms with Crippen LogP contribution in [0.25, 0.3) is 5.82 Å². The molecule has 6 heteroatoms. The van der Waals surface area contributed by atoms with Crippen LogP contribution in [-0.4, -0.2) is 14.3 Å². The van der Waals surface area contributed by atoms with Gasteiger partial charge in [0.1, 0.15) is 5.82 Å². The fourth-order valence-electron chi connectivity index (χ4n) is 1.69.